The van der Waals surface area contributed by atoms with Gasteiger partial charge in [-0.25, -0.2) is 4.99 Å². The van der Waals surface area contributed by atoms with Crippen LogP contribution in [-0.2, 0) is 17.7 Å². The molecule has 1 fully saturated rings. The van der Waals surface area contributed by atoms with E-state index in [4.69, 9.17) is 18.9 Å². The van der Waals surface area contributed by atoms with E-state index in [1.807, 2.05) is 36.4 Å². The molecule has 0 spiro atoms. The third kappa shape index (κ3) is 5.81. The van der Waals surface area contributed by atoms with Crippen molar-refractivity contribution in [3.8, 4) is 5.75 Å². The van der Waals surface area contributed by atoms with Gasteiger partial charge in [-0.05, 0) is 42.7 Å². The van der Waals surface area contributed by atoms with Crippen LogP contribution in [0.1, 0.15) is 24.2 Å². The van der Waals surface area contributed by atoms with E-state index in [9.17, 15) is 0 Å². The molecule has 2 heterocycles. The average molecular weight is 357 g/mol. The summed E-state index contributed by atoms with van der Waals surface area (Å²) in [6.45, 7) is 2.96. The van der Waals surface area contributed by atoms with Gasteiger partial charge >= 0.3 is 0 Å². The first kappa shape index (κ1) is 18.3. The lowest BCUT2D eigenvalue weighted by atomic mass is 10.2. The SMILES string of the molecule is COc1cccc(CN=C(NCCc2ccco2)NCC2CCCO2)c1. The molecule has 140 valence electrons. The summed E-state index contributed by atoms with van der Waals surface area (Å²) in [5.74, 6) is 2.59. The molecule has 1 saturated heterocycles. The number of nitrogens with one attached hydrogen (secondary N) is 2. The number of aliphatic imine (C=N–C) groups is 1. The quantitative estimate of drug-likeness (QED) is 0.562. The topological polar surface area (TPSA) is 68.0 Å². The van der Waals surface area contributed by atoms with Gasteiger partial charge in [-0.1, -0.05) is 12.1 Å². The van der Waals surface area contributed by atoms with Crippen LogP contribution >= 0.6 is 0 Å². The molecule has 0 aliphatic carbocycles. The van der Waals surface area contributed by atoms with Crippen molar-refractivity contribution in [2.24, 2.45) is 4.99 Å². The maximum Gasteiger partial charge on any atom is 0.191 e. The van der Waals surface area contributed by atoms with Gasteiger partial charge in [-0.15, -0.1) is 0 Å². The molecular formula is C20H27N3O3. The lowest BCUT2D eigenvalue weighted by Crippen LogP contribution is -2.41. The fraction of sp³-hybridized carbons (Fsp3) is 0.450. The minimum atomic E-state index is 0.267. The number of nitrogens with zero attached hydrogens (tertiary/aromatic N) is 1. The molecular weight excluding hydrogens is 330 g/mol. The molecule has 1 aliphatic heterocycles. The van der Waals surface area contributed by atoms with Gasteiger partial charge < -0.3 is 24.5 Å². The molecule has 0 saturated carbocycles. The summed E-state index contributed by atoms with van der Waals surface area (Å²) in [5, 5.41) is 6.77. The maximum absolute atomic E-state index is 5.68. The number of ether oxygens (including phenoxy) is 2. The first-order chi connectivity index (χ1) is 12.8. The predicted molar refractivity (Wildman–Crippen MR) is 102 cm³/mol. The molecule has 1 aromatic carbocycles. The molecule has 0 amide bonds. The Morgan fingerprint density at radius 1 is 1.27 bits per heavy atom. The highest BCUT2D eigenvalue weighted by atomic mass is 16.5. The van der Waals surface area contributed by atoms with Crippen molar-refractivity contribution >= 4 is 5.96 Å². The number of furan rings is 1. The van der Waals surface area contributed by atoms with Gasteiger partial charge in [0.05, 0.1) is 26.0 Å². The second-order valence-corrected chi connectivity index (χ2v) is 6.29. The van der Waals surface area contributed by atoms with Crippen LogP contribution in [-0.4, -0.2) is 38.9 Å². The summed E-state index contributed by atoms with van der Waals surface area (Å²) < 4.78 is 16.3. The van der Waals surface area contributed by atoms with Gasteiger partial charge in [-0.3, -0.25) is 0 Å². The third-order valence-electron chi connectivity index (χ3n) is 4.32. The molecule has 1 aliphatic rings. The molecule has 1 atom stereocenters. The lowest BCUT2D eigenvalue weighted by molar-refractivity contribution is 0.114. The van der Waals surface area contributed by atoms with Crippen LogP contribution in [0.15, 0.2) is 52.1 Å². The van der Waals surface area contributed by atoms with E-state index in [2.05, 4.69) is 10.6 Å². The van der Waals surface area contributed by atoms with Crippen LogP contribution in [0.4, 0.5) is 0 Å². The van der Waals surface area contributed by atoms with Gasteiger partial charge in [0.1, 0.15) is 11.5 Å². The molecule has 1 aromatic heterocycles. The fourth-order valence-corrected chi connectivity index (χ4v) is 2.89. The van der Waals surface area contributed by atoms with Crippen LogP contribution in [0.3, 0.4) is 0 Å². The van der Waals surface area contributed by atoms with Crippen molar-refractivity contribution in [2.45, 2.75) is 31.9 Å². The summed E-state index contributed by atoms with van der Waals surface area (Å²) >= 11 is 0. The number of hydrogen-bond acceptors (Lipinski definition) is 4. The predicted octanol–water partition coefficient (Wildman–Crippen LogP) is 2.75. The molecule has 0 radical (unpaired) electrons. The van der Waals surface area contributed by atoms with Gasteiger partial charge in [0.25, 0.3) is 0 Å². The van der Waals surface area contributed by atoms with Crippen molar-refractivity contribution in [1.29, 1.82) is 0 Å². The van der Waals surface area contributed by atoms with E-state index in [-0.39, 0.29) is 6.10 Å². The highest BCUT2D eigenvalue weighted by molar-refractivity contribution is 5.79. The summed E-state index contributed by atoms with van der Waals surface area (Å²) in [6, 6.07) is 11.9. The van der Waals surface area contributed by atoms with Crippen LogP contribution in [0.25, 0.3) is 0 Å². The molecule has 3 rings (SSSR count). The smallest absolute Gasteiger partial charge is 0.191 e. The monoisotopic (exact) mass is 357 g/mol. The Hall–Kier alpha value is -2.47. The summed E-state index contributed by atoms with van der Waals surface area (Å²) in [7, 11) is 1.67. The maximum atomic E-state index is 5.68. The third-order valence-corrected chi connectivity index (χ3v) is 4.32. The van der Waals surface area contributed by atoms with Crippen LogP contribution in [0, 0.1) is 0 Å². The van der Waals surface area contributed by atoms with Crippen LogP contribution in [0.2, 0.25) is 0 Å². The molecule has 2 N–H and O–H groups in total. The van der Waals surface area contributed by atoms with E-state index in [1.54, 1.807) is 13.4 Å². The molecule has 6 nitrogen and oxygen atoms in total. The number of methoxy groups -OCH3 is 1. The van der Waals surface area contributed by atoms with Crippen molar-refractivity contribution < 1.29 is 13.9 Å². The normalized spacial score (nSPS) is 17.3. The second-order valence-electron chi connectivity index (χ2n) is 6.29. The summed E-state index contributed by atoms with van der Waals surface area (Å²) in [6.07, 6.45) is 5.01. The first-order valence-electron chi connectivity index (χ1n) is 9.12. The Balaban J connectivity index is 1.56. The largest absolute Gasteiger partial charge is 0.497 e. The summed E-state index contributed by atoms with van der Waals surface area (Å²) in [4.78, 5) is 4.70. The molecule has 6 heteroatoms. The van der Waals surface area contributed by atoms with Crippen molar-refractivity contribution in [2.75, 3.05) is 26.8 Å². The van der Waals surface area contributed by atoms with Crippen molar-refractivity contribution in [1.82, 2.24) is 10.6 Å². The number of rotatable bonds is 8. The van der Waals surface area contributed by atoms with E-state index >= 15 is 0 Å². The second kappa shape index (κ2) is 9.87. The Morgan fingerprint density at radius 3 is 3.00 bits per heavy atom. The van der Waals surface area contributed by atoms with Crippen molar-refractivity contribution in [3.05, 3.63) is 54.0 Å². The van der Waals surface area contributed by atoms with Gasteiger partial charge in [0, 0.05) is 26.1 Å². The zero-order chi connectivity index (χ0) is 18.0. The standard InChI is InChI=1S/C20H27N3O3/c1-24-18-6-2-5-16(13-18)14-22-20(23-15-19-8-4-12-26-19)21-10-9-17-7-3-11-25-17/h2-3,5-7,11,13,19H,4,8-10,12,14-15H2,1H3,(H2,21,22,23). The Bertz CT molecular complexity index is 679. The highest BCUT2D eigenvalue weighted by Crippen LogP contribution is 2.13. The minimum absolute atomic E-state index is 0.267. The summed E-state index contributed by atoms with van der Waals surface area (Å²) in [5.41, 5.74) is 1.11. The Morgan fingerprint density at radius 2 is 2.23 bits per heavy atom. The highest BCUT2D eigenvalue weighted by Gasteiger charge is 2.15. The number of hydrogen-bond donors (Lipinski definition) is 2. The molecule has 0 bridgehead atoms. The molecule has 1 unspecified atom stereocenters. The van der Waals surface area contributed by atoms with E-state index in [0.717, 1.165) is 62.0 Å². The molecule has 2 aromatic rings. The Kier molecular flexibility index (Phi) is 6.96. The van der Waals surface area contributed by atoms with Gasteiger partial charge in [0.15, 0.2) is 5.96 Å². The average Bonchev–Trinajstić information content (AvgIpc) is 3.37. The Labute approximate surface area is 154 Å². The number of guanidine groups is 1. The molecule has 26 heavy (non-hydrogen) atoms. The lowest BCUT2D eigenvalue weighted by Gasteiger charge is -2.15. The zero-order valence-corrected chi connectivity index (χ0v) is 15.2. The van der Waals surface area contributed by atoms with Crippen molar-refractivity contribution in [3.63, 3.8) is 0 Å². The van der Waals surface area contributed by atoms with E-state index < -0.39 is 0 Å². The minimum Gasteiger partial charge on any atom is -0.497 e. The fourth-order valence-electron chi connectivity index (χ4n) is 2.89. The van der Waals surface area contributed by atoms with E-state index in [1.165, 1.54) is 0 Å². The van der Waals surface area contributed by atoms with Crippen LogP contribution < -0.4 is 15.4 Å². The number of benzene rings is 1. The van der Waals surface area contributed by atoms with Gasteiger partial charge in [0.2, 0.25) is 0 Å². The zero-order valence-electron chi connectivity index (χ0n) is 15.2. The first-order valence-corrected chi connectivity index (χ1v) is 9.12. The van der Waals surface area contributed by atoms with Crippen LogP contribution in [0.5, 0.6) is 5.75 Å². The van der Waals surface area contributed by atoms with E-state index in [0.29, 0.717) is 6.54 Å². The van der Waals surface area contributed by atoms with Gasteiger partial charge in [-0.2, -0.15) is 0 Å².